The van der Waals surface area contributed by atoms with Gasteiger partial charge in [0.25, 0.3) is 0 Å². The molecule has 1 rings (SSSR count). The maximum atomic E-state index is 11.0. The number of hydrogen-bond donors (Lipinski definition) is 1. The van der Waals surface area contributed by atoms with Gasteiger partial charge in [0, 0.05) is 0 Å². The van der Waals surface area contributed by atoms with Gasteiger partial charge in [-0.15, -0.1) is 0 Å². The second-order valence-corrected chi connectivity index (χ2v) is 4.71. The molecule has 2 atom stereocenters. The predicted octanol–water partition coefficient (Wildman–Crippen LogP) is 4.31. The molecule has 0 bridgehead atoms. The van der Waals surface area contributed by atoms with Crippen LogP contribution in [0.1, 0.15) is 61.9 Å². The Balaban J connectivity index is 3.01. The maximum Gasteiger partial charge on any atom is 0.335 e. The van der Waals surface area contributed by atoms with E-state index in [4.69, 9.17) is 5.11 Å². The summed E-state index contributed by atoms with van der Waals surface area (Å²) in [5.41, 5.74) is 1.56. The molecule has 0 fully saturated rings. The first kappa shape index (κ1) is 13.8. The summed E-state index contributed by atoms with van der Waals surface area (Å²) in [5.74, 6) is 0.231. The molecule has 0 aliphatic heterocycles. The third-order valence-electron chi connectivity index (χ3n) is 3.49. The molecule has 0 heterocycles. The van der Waals surface area contributed by atoms with E-state index >= 15 is 0 Å². The normalized spacial score (nSPS) is 14.3. The lowest BCUT2D eigenvalue weighted by Crippen LogP contribution is -2.10. The summed E-state index contributed by atoms with van der Waals surface area (Å²) < 4.78 is 0. The monoisotopic (exact) mass is 234 g/mol. The summed E-state index contributed by atoms with van der Waals surface area (Å²) in [6.07, 6.45) is 3.38. The van der Waals surface area contributed by atoms with Crippen LogP contribution in [0.3, 0.4) is 0 Å². The molecular formula is C15H22O2. The maximum absolute atomic E-state index is 11.0. The highest BCUT2D eigenvalue weighted by Crippen LogP contribution is 2.31. The molecule has 1 aromatic rings. The van der Waals surface area contributed by atoms with Crippen LogP contribution >= 0.6 is 0 Å². The highest BCUT2D eigenvalue weighted by molar-refractivity contribution is 5.87. The number of hydrogen-bond acceptors (Lipinski definition) is 1. The molecule has 0 aliphatic carbocycles. The SMILES string of the molecule is CCCC(c1cccc(C(=O)O)c1)[C@H](C)CC. The minimum atomic E-state index is -0.841. The van der Waals surface area contributed by atoms with E-state index in [0.29, 0.717) is 17.4 Å². The van der Waals surface area contributed by atoms with Crippen molar-refractivity contribution < 1.29 is 9.90 Å². The number of carbonyl (C=O) groups is 1. The van der Waals surface area contributed by atoms with Crippen LogP contribution in [0.4, 0.5) is 0 Å². The van der Waals surface area contributed by atoms with Crippen molar-refractivity contribution in [2.24, 2.45) is 5.92 Å². The molecule has 2 heteroatoms. The molecule has 0 aromatic heterocycles. The van der Waals surface area contributed by atoms with Gasteiger partial charge in [0.05, 0.1) is 5.56 Å². The molecular weight excluding hydrogens is 212 g/mol. The Morgan fingerprint density at radius 1 is 1.35 bits per heavy atom. The number of rotatable bonds is 6. The van der Waals surface area contributed by atoms with Gasteiger partial charge in [-0.25, -0.2) is 4.79 Å². The molecule has 0 saturated heterocycles. The summed E-state index contributed by atoms with van der Waals surface area (Å²) in [7, 11) is 0. The molecule has 0 radical (unpaired) electrons. The molecule has 2 nitrogen and oxygen atoms in total. The van der Waals surface area contributed by atoms with Crippen LogP contribution in [0, 0.1) is 5.92 Å². The zero-order valence-corrected chi connectivity index (χ0v) is 10.9. The van der Waals surface area contributed by atoms with Crippen molar-refractivity contribution in [3.05, 3.63) is 35.4 Å². The largest absolute Gasteiger partial charge is 0.478 e. The van der Waals surface area contributed by atoms with Crippen LogP contribution in [-0.4, -0.2) is 11.1 Å². The Labute approximate surface area is 104 Å². The van der Waals surface area contributed by atoms with E-state index < -0.39 is 5.97 Å². The summed E-state index contributed by atoms with van der Waals surface area (Å²) in [5, 5.41) is 9.02. The number of aromatic carboxylic acids is 1. The highest BCUT2D eigenvalue weighted by atomic mass is 16.4. The average molecular weight is 234 g/mol. The van der Waals surface area contributed by atoms with E-state index in [1.165, 1.54) is 5.56 Å². The summed E-state index contributed by atoms with van der Waals surface area (Å²) in [6, 6.07) is 7.39. The van der Waals surface area contributed by atoms with Gasteiger partial charge in [0.1, 0.15) is 0 Å². The predicted molar refractivity (Wildman–Crippen MR) is 70.5 cm³/mol. The summed E-state index contributed by atoms with van der Waals surface area (Å²) in [4.78, 5) is 11.0. The van der Waals surface area contributed by atoms with Gasteiger partial charge < -0.3 is 5.11 Å². The van der Waals surface area contributed by atoms with Crippen LogP contribution < -0.4 is 0 Å². The zero-order chi connectivity index (χ0) is 12.8. The third kappa shape index (κ3) is 3.58. The standard InChI is InChI=1S/C15H22O2/c1-4-7-14(11(3)5-2)12-8-6-9-13(10-12)15(16)17/h6,8-11,14H,4-5,7H2,1-3H3,(H,16,17)/t11-,14?/m1/s1. The Kier molecular flexibility index (Phi) is 5.20. The van der Waals surface area contributed by atoms with Crippen LogP contribution in [0.25, 0.3) is 0 Å². The van der Waals surface area contributed by atoms with Crippen molar-refractivity contribution in [2.45, 2.75) is 46.0 Å². The molecule has 1 aromatic carbocycles. The molecule has 1 N–H and O–H groups in total. The van der Waals surface area contributed by atoms with Gasteiger partial charge in [-0.1, -0.05) is 45.7 Å². The quantitative estimate of drug-likeness (QED) is 0.796. The molecule has 94 valence electrons. The van der Waals surface area contributed by atoms with Gasteiger partial charge in [-0.05, 0) is 36.0 Å². The number of benzene rings is 1. The lowest BCUT2D eigenvalue weighted by molar-refractivity contribution is 0.0696. The van der Waals surface area contributed by atoms with Crippen LogP contribution in [0.5, 0.6) is 0 Å². The minimum absolute atomic E-state index is 0.395. The lowest BCUT2D eigenvalue weighted by atomic mass is 9.82. The highest BCUT2D eigenvalue weighted by Gasteiger charge is 2.18. The van der Waals surface area contributed by atoms with Crippen molar-refractivity contribution in [3.63, 3.8) is 0 Å². The topological polar surface area (TPSA) is 37.3 Å². The zero-order valence-electron chi connectivity index (χ0n) is 10.9. The Morgan fingerprint density at radius 3 is 2.59 bits per heavy atom. The number of carboxylic acids is 1. The first-order chi connectivity index (χ1) is 8.10. The first-order valence-corrected chi connectivity index (χ1v) is 6.43. The lowest BCUT2D eigenvalue weighted by Gasteiger charge is -2.23. The fourth-order valence-electron chi connectivity index (χ4n) is 2.28. The van der Waals surface area contributed by atoms with E-state index in [1.807, 2.05) is 12.1 Å². The van der Waals surface area contributed by atoms with Crippen molar-refractivity contribution in [2.75, 3.05) is 0 Å². The molecule has 1 unspecified atom stereocenters. The van der Waals surface area contributed by atoms with Crippen molar-refractivity contribution in [1.82, 2.24) is 0 Å². The molecule has 0 saturated carbocycles. The smallest absolute Gasteiger partial charge is 0.335 e. The summed E-state index contributed by atoms with van der Waals surface area (Å²) >= 11 is 0. The molecule has 0 amide bonds. The molecule has 0 spiro atoms. The minimum Gasteiger partial charge on any atom is -0.478 e. The molecule has 17 heavy (non-hydrogen) atoms. The van der Waals surface area contributed by atoms with Gasteiger partial charge in [0.2, 0.25) is 0 Å². The summed E-state index contributed by atoms with van der Waals surface area (Å²) in [6.45, 7) is 6.61. The van der Waals surface area contributed by atoms with E-state index in [2.05, 4.69) is 26.8 Å². The number of carboxylic acid groups (broad SMARTS) is 1. The van der Waals surface area contributed by atoms with Crippen LogP contribution in [-0.2, 0) is 0 Å². The first-order valence-electron chi connectivity index (χ1n) is 6.43. The fraction of sp³-hybridized carbons (Fsp3) is 0.533. The average Bonchev–Trinajstić information content (AvgIpc) is 2.35. The van der Waals surface area contributed by atoms with E-state index in [0.717, 1.165) is 19.3 Å². The van der Waals surface area contributed by atoms with Gasteiger partial charge in [0.15, 0.2) is 0 Å². The van der Waals surface area contributed by atoms with Crippen molar-refractivity contribution in [3.8, 4) is 0 Å². The van der Waals surface area contributed by atoms with Gasteiger partial charge in [-0.3, -0.25) is 0 Å². The van der Waals surface area contributed by atoms with E-state index in [-0.39, 0.29) is 0 Å². The van der Waals surface area contributed by atoms with Crippen LogP contribution in [0.15, 0.2) is 24.3 Å². The Morgan fingerprint density at radius 2 is 2.06 bits per heavy atom. The van der Waals surface area contributed by atoms with Gasteiger partial charge >= 0.3 is 5.97 Å². The van der Waals surface area contributed by atoms with Crippen LogP contribution in [0.2, 0.25) is 0 Å². The Bertz CT molecular complexity index is 371. The van der Waals surface area contributed by atoms with E-state index in [9.17, 15) is 4.79 Å². The van der Waals surface area contributed by atoms with Crippen molar-refractivity contribution in [1.29, 1.82) is 0 Å². The van der Waals surface area contributed by atoms with Gasteiger partial charge in [-0.2, -0.15) is 0 Å². The van der Waals surface area contributed by atoms with Crippen molar-refractivity contribution >= 4 is 5.97 Å². The van der Waals surface area contributed by atoms with E-state index in [1.54, 1.807) is 6.07 Å². The fourth-order valence-corrected chi connectivity index (χ4v) is 2.28. The Hall–Kier alpha value is -1.31. The second kappa shape index (κ2) is 6.43. The second-order valence-electron chi connectivity index (χ2n) is 4.71. The molecule has 0 aliphatic rings. The third-order valence-corrected chi connectivity index (χ3v) is 3.49.